The topological polar surface area (TPSA) is 0 Å². The van der Waals surface area contributed by atoms with Crippen LogP contribution in [0.2, 0.25) is 0 Å². The number of hydrogen-bond donors (Lipinski definition) is 0. The molecule has 0 amide bonds. The first-order valence-corrected chi connectivity index (χ1v) is 7.08. The molecule has 17 heavy (non-hydrogen) atoms. The number of halogens is 2. The Bertz CT molecular complexity index is 688. The largest absolute Gasteiger partial charge is 0.207 e. The number of hydrogen-bond acceptors (Lipinski definition) is 1. The van der Waals surface area contributed by atoms with E-state index in [0.717, 1.165) is 10.4 Å². The van der Waals surface area contributed by atoms with E-state index < -0.39 is 0 Å². The molecular weight excluding hydrogens is 346 g/mol. The van der Waals surface area contributed by atoms with Crippen LogP contribution in [-0.2, 0) is 0 Å². The molecular formula is C14H8FIS. The first-order chi connectivity index (χ1) is 8.25. The van der Waals surface area contributed by atoms with Gasteiger partial charge in [0.05, 0.1) is 0 Å². The fraction of sp³-hybridized carbons (Fsp3) is 0. The lowest BCUT2D eigenvalue weighted by molar-refractivity contribution is 0.628. The Morgan fingerprint density at radius 1 is 1.00 bits per heavy atom. The molecule has 0 saturated heterocycles. The Balaban J connectivity index is 2.27. The molecule has 0 spiro atoms. The van der Waals surface area contributed by atoms with E-state index in [0.29, 0.717) is 0 Å². The van der Waals surface area contributed by atoms with Gasteiger partial charge in [-0.3, -0.25) is 0 Å². The van der Waals surface area contributed by atoms with E-state index in [4.69, 9.17) is 0 Å². The number of benzene rings is 2. The van der Waals surface area contributed by atoms with Crippen molar-refractivity contribution in [3.63, 3.8) is 0 Å². The molecule has 0 N–H and O–H groups in total. The van der Waals surface area contributed by atoms with E-state index in [1.165, 1.54) is 19.7 Å². The summed E-state index contributed by atoms with van der Waals surface area (Å²) in [5.41, 5.74) is 0.954. The molecule has 0 aliphatic rings. The van der Waals surface area contributed by atoms with Gasteiger partial charge in [0.1, 0.15) is 5.82 Å². The van der Waals surface area contributed by atoms with Crippen LogP contribution in [0.25, 0.3) is 20.5 Å². The molecule has 0 radical (unpaired) electrons. The van der Waals surface area contributed by atoms with Gasteiger partial charge >= 0.3 is 0 Å². The molecule has 0 aliphatic carbocycles. The monoisotopic (exact) mass is 354 g/mol. The highest BCUT2D eigenvalue weighted by atomic mass is 127. The Hall–Kier alpha value is -0.940. The molecule has 3 aromatic rings. The van der Waals surface area contributed by atoms with Gasteiger partial charge in [-0.25, -0.2) is 4.39 Å². The maximum atomic E-state index is 13.2. The van der Waals surface area contributed by atoms with Gasteiger partial charge in [-0.15, -0.1) is 11.3 Å². The van der Waals surface area contributed by atoms with Crippen LogP contribution in [0.3, 0.4) is 0 Å². The van der Waals surface area contributed by atoms with Gasteiger partial charge in [-0.2, -0.15) is 0 Å². The van der Waals surface area contributed by atoms with Crippen molar-refractivity contribution in [2.24, 2.45) is 0 Å². The highest BCUT2D eigenvalue weighted by Gasteiger charge is 2.11. The Morgan fingerprint density at radius 3 is 2.59 bits per heavy atom. The molecule has 0 bridgehead atoms. The van der Waals surface area contributed by atoms with Crippen molar-refractivity contribution < 1.29 is 4.39 Å². The van der Waals surface area contributed by atoms with E-state index in [9.17, 15) is 4.39 Å². The Labute approximate surface area is 116 Å². The Morgan fingerprint density at radius 2 is 1.82 bits per heavy atom. The van der Waals surface area contributed by atoms with Crippen molar-refractivity contribution in [2.45, 2.75) is 0 Å². The SMILES string of the molecule is Fc1cccc(-c2sc3ccccc3c2I)c1. The highest BCUT2D eigenvalue weighted by Crippen LogP contribution is 2.39. The summed E-state index contributed by atoms with van der Waals surface area (Å²) in [6.45, 7) is 0. The molecule has 0 nitrogen and oxygen atoms in total. The summed E-state index contributed by atoms with van der Waals surface area (Å²) < 4.78 is 15.7. The predicted molar refractivity (Wildman–Crippen MR) is 79.9 cm³/mol. The first kappa shape index (κ1) is 11.2. The van der Waals surface area contributed by atoms with Crippen molar-refractivity contribution >= 4 is 44.0 Å². The van der Waals surface area contributed by atoms with Crippen molar-refractivity contribution in [1.82, 2.24) is 0 Å². The van der Waals surface area contributed by atoms with Crippen LogP contribution in [-0.4, -0.2) is 0 Å². The second kappa shape index (κ2) is 4.38. The third kappa shape index (κ3) is 1.98. The van der Waals surface area contributed by atoms with Crippen LogP contribution in [0.15, 0.2) is 48.5 Å². The fourth-order valence-corrected chi connectivity index (χ4v) is 4.22. The molecule has 3 heteroatoms. The number of rotatable bonds is 1. The molecule has 0 unspecified atom stereocenters. The van der Waals surface area contributed by atoms with Gasteiger partial charge in [-0.1, -0.05) is 30.3 Å². The summed E-state index contributed by atoms with van der Waals surface area (Å²) in [5.74, 6) is -0.184. The van der Waals surface area contributed by atoms with Gasteiger partial charge in [0.15, 0.2) is 0 Å². The van der Waals surface area contributed by atoms with E-state index in [1.54, 1.807) is 23.5 Å². The van der Waals surface area contributed by atoms with E-state index in [-0.39, 0.29) is 5.82 Å². The lowest BCUT2D eigenvalue weighted by Gasteiger charge is -1.98. The zero-order chi connectivity index (χ0) is 11.8. The maximum absolute atomic E-state index is 13.2. The maximum Gasteiger partial charge on any atom is 0.123 e. The molecule has 1 aromatic heterocycles. The van der Waals surface area contributed by atoms with Gasteiger partial charge in [0.25, 0.3) is 0 Å². The van der Waals surface area contributed by atoms with Gasteiger partial charge < -0.3 is 0 Å². The van der Waals surface area contributed by atoms with Gasteiger partial charge in [0, 0.05) is 18.5 Å². The van der Waals surface area contributed by atoms with Crippen molar-refractivity contribution in [2.75, 3.05) is 0 Å². The second-order valence-corrected chi connectivity index (χ2v) is 5.88. The zero-order valence-corrected chi connectivity index (χ0v) is 11.8. The smallest absolute Gasteiger partial charge is 0.123 e. The van der Waals surface area contributed by atoms with Crippen LogP contribution < -0.4 is 0 Å². The predicted octanol–water partition coefficient (Wildman–Crippen LogP) is 5.31. The minimum Gasteiger partial charge on any atom is -0.207 e. The molecule has 2 aromatic carbocycles. The second-order valence-electron chi connectivity index (χ2n) is 3.75. The van der Waals surface area contributed by atoms with Gasteiger partial charge in [0.2, 0.25) is 0 Å². The van der Waals surface area contributed by atoms with Crippen molar-refractivity contribution in [1.29, 1.82) is 0 Å². The molecule has 0 aliphatic heterocycles. The standard InChI is InChI=1S/C14H8FIS/c15-10-5-3-4-9(8-10)14-13(16)11-6-1-2-7-12(11)17-14/h1-8H. The average molecular weight is 354 g/mol. The lowest BCUT2D eigenvalue weighted by Crippen LogP contribution is -1.78. The lowest BCUT2D eigenvalue weighted by atomic mass is 10.1. The van der Waals surface area contributed by atoms with Crippen LogP contribution in [0.1, 0.15) is 0 Å². The van der Waals surface area contributed by atoms with Crippen molar-refractivity contribution in [3.8, 4) is 10.4 Å². The summed E-state index contributed by atoms with van der Waals surface area (Å²) in [6.07, 6.45) is 0. The number of thiophene rings is 1. The minimum atomic E-state index is -0.184. The normalized spacial score (nSPS) is 10.9. The first-order valence-electron chi connectivity index (χ1n) is 5.18. The molecule has 1 heterocycles. The van der Waals surface area contributed by atoms with Crippen LogP contribution in [0.5, 0.6) is 0 Å². The van der Waals surface area contributed by atoms with Crippen molar-refractivity contribution in [3.05, 3.63) is 57.9 Å². The molecule has 84 valence electrons. The number of fused-ring (bicyclic) bond motifs is 1. The minimum absolute atomic E-state index is 0.184. The van der Waals surface area contributed by atoms with E-state index >= 15 is 0 Å². The Kier molecular flexibility index (Phi) is 2.88. The third-order valence-corrected chi connectivity index (χ3v) is 5.33. The third-order valence-electron chi connectivity index (χ3n) is 2.62. The highest BCUT2D eigenvalue weighted by molar-refractivity contribution is 14.1. The zero-order valence-electron chi connectivity index (χ0n) is 8.78. The van der Waals surface area contributed by atoms with Gasteiger partial charge in [-0.05, 0) is 46.4 Å². The molecule has 0 saturated carbocycles. The summed E-state index contributed by atoms with van der Waals surface area (Å²) >= 11 is 4.05. The van der Waals surface area contributed by atoms with E-state index in [2.05, 4.69) is 34.7 Å². The average Bonchev–Trinajstić information content (AvgIpc) is 2.68. The fourth-order valence-electron chi connectivity index (χ4n) is 1.83. The summed E-state index contributed by atoms with van der Waals surface area (Å²) in [4.78, 5) is 1.14. The van der Waals surface area contributed by atoms with Crippen LogP contribution >= 0.6 is 33.9 Å². The molecule has 0 fully saturated rings. The summed E-state index contributed by atoms with van der Waals surface area (Å²) in [5, 5.41) is 1.25. The summed E-state index contributed by atoms with van der Waals surface area (Å²) in [7, 11) is 0. The van der Waals surface area contributed by atoms with Crippen LogP contribution in [0, 0.1) is 9.39 Å². The van der Waals surface area contributed by atoms with E-state index in [1.807, 2.05) is 18.2 Å². The molecule has 0 atom stereocenters. The summed E-state index contributed by atoms with van der Waals surface area (Å²) in [6, 6.07) is 15.1. The van der Waals surface area contributed by atoms with Crippen LogP contribution in [0.4, 0.5) is 4.39 Å². The molecule has 3 rings (SSSR count). The quantitative estimate of drug-likeness (QED) is 0.520.